The second kappa shape index (κ2) is 15.8. The normalized spacial score (nSPS) is 15.5. The SMILES string of the molecule is CCNC(=NCC(C)(C)N1CCOCC1)NCCCCOCCc1ccccc1.I. The van der Waals surface area contributed by atoms with Gasteiger partial charge in [0, 0.05) is 38.3 Å². The standard InChI is InChI=1S/C23H40N4O2.HI/c1-4-24-22(26-20-23(2,3)27-14-18-29-19-15-27)25-13-8-9-16-28-17-12-21-10-6-5-7-11-21;/h5-7,10-11H,4,8-9,12-20H2,1-3H3,(H2,24,25,26);1H. The second-order valence-corrected chi connectivity index (χ2v) is 8.09. The van der Waals surface area contributed by atoms with Gasteiger partial charge in [0.1, 0.15) is 0 Å². The van der Waals surface area contributed by atoms with E-state index in [-0.39, 0.29) is 29.5 Å². The molecule has 172 valence electrons. The lowest BCUT2D eigenvalue weighted by Gasteiger charge is -2.39. The van der Waals surface area contributed by atoms with Crippen LogP contribution >= 0.6 is 24.0 Å². The molecular formula is C23H41IN4O2. The maximum Gasteiger partial charge on any atom is 0.191 e. The lowest BCUT2D eigenvalue weighted by Crippen LogP contribution is -2.52. The fraction of sp³-hybridized carbons (Fsp3) is 0.696. The third kappa shape index (κ3) is 10.9. The van der Waals surface area contributed by atoms with Gasteiger partial charge in [-0.2, -0.15) is 0 Å². The Balaban J connectivity index is 0.00000450. The first-order valence-electron chi connectivity index (χ1n) is 11.1. The van der Waals surface area contributed by atoms with Gasteiger partial charge in [-0.25, -0.2) is 0 Å². The van der Waals surface area contributed by atoms with E-state index in [0.29, 0.717) is 0 Å². The van der Waals surface area contributed by atoms with Crippen molar-refractivity contribution in [1.82, 2.24) is 15.5 Å². The van der Waals surface area contributed by atoms with Crippen molar-refractivity contribution in [2.75, 3.05) is 59.2 Å². The van der Waals surface area contributed by atoms with Gasteiger partial charge >= 0.3 is 0 Å². The van der Waals surface area contributed by atoms with Gasteiger partial charge in [0.15, 0.2) is 5.96 Å². The molecule has 0 radical (unpaired) electrons. The number of unbranched alkanes of at least 4 members (excludes halogenated alkanes) is 1. The number of halogens is 1. The predicted octanol–water partition coefficient (Wildman–Crippen LogP) is 3.31. The molecule has 1 fully saturated rings. The van der Waals surface area contributed by atoms with E-state index in [1.807, 2.05) is 6.07 Å². The average molecular weight is 533 g/mol. The molecule has 30 heavy (non-hydrogen) atoms. The zero-order valence-corrected chi connectivity index (χ0v) is 21.3. The molecule has 0 spiro atoms. The minimum absolute atomic E-state index is 0. The van der Waals surface area contributed by atoms with Gasteiger partial charge in [-0.15, -0.1) is 24.0 Å². The van der Waals surface area contributed by atoms with E-state index in [2.05, 4.69) is 60.6 Å². The number of nitrogens with zero attached hydrogens (tertiary/aromatic N) is 2. The monoisotopic (exact) mass is 532 g/mol. The molecule has 0 amide bonds. The van der Waals surface area contributed by atoms with Crippen molar-refractivity contribution < 1.29 is 9.47 Å². The molecule has 2 rings (SSSR count). The zero-order chi connectivity index (χ0) is 20.8. The number of morpholine rings is 1. The van der Waals surface area contributed by atoms with Crippen molar-refractivity contribution in [2.24, 2.45) is 4.99 Å². The van der Waals surface area contributed by atoms with Crippen LogP contribution in [-0.2, 0) is 15.9 Å². The van der Waals surface area contributed by atoms with Crippen molar-refractivity contribution in [3.05, 3.63) is 35.9 Å². The van der Waals surface area contributed by atoms with Gasteiger partial charge in [-0.05, 0) is 45.6 Å². The van der Waals surface area contributed by atoms with Crippen molar-refractivity contribution >= 4 is 29.9 Å². The highest BCUT2D eigenvalue weighted by atomic mass is 127. The molecular weight excluding hydrogens is 491 g/mol. The summed E-state index contributed by atoms with van der Waals surface area (Å²) in [6, 6.07) is 10.5. The number of benzene rings is 1. The number of ether oxygens (including phenoxy) is 2. The maximum atomic E-state index is 5.76. The number of hydrogen-bond acceptors (Lipinski definition) is 4. The molecule has 0 aromatic heterocycles. The maximum absolute atomic E-state index is 5.76. The molecule has 1 aliphatic rings. The number of nitrogens with one attached hydrogen (secondary N) is 2. The van der Waals surface area contributed by atoms with Gasteiger partial charge in [-0.1, -0.05) is 30.3 Å². The summed E-state index contributed by atoms with van der Waals surface area (Å²) in [6.07, 6.45) is 3.11. The fourth-order valence-corrected chi connectivity index (χ4v) is 3.36. The lowest BCUT2D eigenvalue weighted by atomic mass is 10.0. The summed E-state index contributed by atoms with van der Waals surface area (Å²) in [5.41, 5.74) is 1.37. The van der Waals surface area contributed by atoms with Crippen molar-refractivity contribution in [3.63, 3.8) is 0 Å². The highest BCUT2D eigenvalue weighted by Crippen LogP contribution is 2.16. The Labute approximate surface area is 200 Å². The lowest BCUT2D eigenvalue weighted by molar-refractivity contribution is -0.00683. The van der Waals surface area contributed by atoms with E-state index in [4.69, 9.17) is 14.5 Å². The highest BCUT2D eigenvalue weighted by molar-refractivity contribution is 14.0. The third-order valence-electron chi connectivity index (χ3n) is 5.22. The van der Waals surface area contributed by atoms with Crippen LogP contribution in [0.15, 0.2) is 35.3 Å². The fourth-order valence-electron chi connectivity index (χ4n) is 3.36. The van der Waals surface area contributed by atoms with Crippen LogP contribution in [0.25, 0.3) is 0 Å². The topological polar surface area (TPSA) is 58.1 Å². The molecule has 0 saturated carbocycles. The quantitative estimate of drug-likeness (QED) is 0.187. The van der Waals surface area contributed by atoms with Crippen molar-refractivity contribution in [2.45, 2.75) is 45.6 Å². The molecule has 1 aliphatic heterocycles. The predicted molar refractivity (Wildman–Crippen MR) is 136 cm³/mol. The molecule has 2 N–H and O–H groups in total. The molecule has 6 nitrogen and oxygen atoms in total. The summed E-state index contributed by atoms with van der Waals surface area (Å²) in [7, 11) is 0. The van der Waals surface area contributed by atoms with Crippen LogP contribution in [0.4, 0.5) is 0 Å². The van der Waals surface area contributed by atoms with Crippen molar-refractivity contribution in [1.29, 1.82) is 0 Å². The first-order valence-corrected chi connectivity index (χ1v) is 11.1. The van der Waals surface area contributed by atoms with Gasteiger partial charge in [0.25, 0.3) is 0 Å². The average Bonchev–Trinajstić information content (AvgIpc) is 2.75. The van der Waals surface area contributed by atoms with E-state index >= 15 is 0 Å². The molecule has 0 unspecified atom stereocenters. The third-order valence-corrected chi connectivity index (χ3v) is 5.22. The minimum atomic E-state index is 0. The van der Waals surface area contributed by atoms with E-state index in [1.165, 1.54) is 5.56 Å². The van der Waals surface area contributed by atoms with E-state index in [9.17, 15) is 0 Å². The van der Waals surface area contributed by atoms with Gasteiger partial charge in [-0.3, -0.25) is 9.89 Å². The van der Waals surface area contributed by atoms with Crippen LogP contribution in [-0.4, -0.2) is 75.5 Å². The van der Waals surface area contributed by atoms with Gasteiger partial charge < -0.3 is 20.1 Å². The Morgan fingerprint density at radius 1 is 1.10 bits per heavy atom. The smallest absolute Gasteiger partial charge is 0.191 e. The highest BCUT2D eigenvalue weighted by Gasteiger charge is 2.28. The summed E-state index contributed by atoms with van der Waals surface area (Å²) < 4.78 is 11.2. The van der Waals surface area contributed by atoms with Gasteiger partial charge in [0.2, 0.25) is 0 Å². The minimum Gasteiger partial charge on any atom is -0.381 e. The number of aliphatic imine (C=N–C) groups is 1. The van der Waals surface area contributed by atoms with E-state index in [1.54, 1.807) is 0 Å². The van der Waals surface area contributed by atoms with E-state index < -0.39 is 0 Å². The Hall–Kier alpha value is -0.900. The number of rotatable bonds is 12. The van der Waals surface area contributed by atoms with Gasteiger partial charge in [0.05, 0.1) is 26.4 Å². The largest absolute Gasteiger partial charge is 0.381 e. The Morgan fingerprint density at radius 2 is 1.83 bits per heavy atom. The van der Waals surface area contributed by atoms with Crippen molar-refractivity contribution in [3.8, 4) is 0 Å². The first kappa shape index (κ1) is 27.1. The molecule has 0 atom stereocenters. The van der Waals surface area contributed by atoms with Crippen LogP contribution < -0.4 is 10.6 Å². The summed E-state index contributed by atoms with van der Waals surface area (Å²) in [5, 5.41) is 6.80. The number of guanidine groups is 1. The summed E-state index contributed by atoms with van der Waals surface area (Å²) in [6.45, 7) is 14.4. The molecule has 1 aromatic carbocycles. The van der Waals surface area contributed by atoms with Crippen LogP contribution in [0.1, 0.15) is 39.2 Å². The molecule has 1 aromatic rings. The van der Waals surface area contributed by atoms with Crippen LogP contribution in [0, 0.1) is 0 Å². The summed E-state index contributed by atoms with van der Waals surface area (Å²) >= 11 is 0. The molecule has 1 saturated heterocycles. The summed E-state index contributed by atoms with van der Waals surface area (Å²) in [4.78, 5) is 7.29. The summed E-state index contributed by atoms with van der Waals surface area (Å²) in [5.74, 6) is 0.902. The van der Waals surface area contributed by atoms with E-state index in [0.717, 1.165) is 84.4 Å². The molecule has 0 bridgehead atoms. The van der Waals surface area contributed by atoms with Crippen LogP contribution in [0.2, 0.25) is 0 Å². The van der Waals surface area contributed by atoms with Crippen LogP contribution in [0.5, 0.6) is 0 Å². The Morgan fingerprint density at radius 3 is 2.53 bits per heavy atom. The molecule has 1 heterocycles. The Bertz CT molecular complexity index is 578. The first-order chi connectivity index (χ1) is 14.1. The number of hydrogen-bond donors (Lipinski definition) is 2. The molecule has 7 heteroatoms. The molecule has 0 aliphatic carbocycles. The zero-order valence-electron chi connectivity index (χ0n) is 19.0. The Kier molecular flexibility index (Phi) is 14.3. The second-order valence-electron chi connectivity index (χ2n) is 8.09. The van der Waals surface area contributed by atoms with Crippen LogP contribution in [0.3, 0.4) is 0 Å².